The number of aliphatic hydroxyl groups excluding tert-OH is 1. The van der Waals surface area contributed by atoms with E-state index >= 15 is 0 Å². The van der Waals surface area contributed by atoms with Crippen molar-refractivity contribution in [3.05, 3.63) is 24.3 Å². The number of hydrogen-bond donors (Lipinski definition) is 3. The van der Waals surface area contributed by atoms with E-state index in [1.54, 1.807) is 12.1 Å². The van der Waals surface area contributed by atoms with Crippen molar-refractivity contribution in [3.8, 4) is 0 Å². The van der Waals surface area contributed by atoms with Gasteiger partial charge in [0.05, 0.1) is 12.4 Å². The van der Waals surface area contributed by atoms with Crippen LogP contribution in [0, 0.1) is 0 Å². The standard InChI is InChI=1S/C20H30N4O4S/c1-29(27,28)22-14-4-6-16(7-5-14)23-10-2-3-15(13-23)21-20(26)24-17-8-9-18(24)12-19(25)11-17/h4-7,15,17-19,22,25H,2-3,8-13H2,1H3,(H,21,26)/t15-,17?,18?,19?/m0/s1. The molecule has 3 saturated heterocycles. The van der Waals surface area contributed by atoms with Crippen molar-refractivity contribution in [1.82, 2.24) is 10.2 Å². The van der Waals surface area contributed by atoms with Gasteiger partial charge in [0.1, 0.15) is 0 Å². The summed E-state index contributed by atoms with van der Waals surface area (Å²) < 4.78 is 25.2. The fraction of sp³-hybridized carbons (Fsp3) is 0.650. The second kappa shape index (κ2) is 8.02. The smallest absolute Gasteiger partial charge is 0.318 e. The van der Waals surface area contributed by atoms with Crippen LogP contribution in [0.25, 0.3) is 0 Å². The number of anilines is 2. The van der Waals surface area contributed by atoms with E-state index in [2.05, 4.69) is 14.9 Å². The lowest BCUT2D eigenvalue weighted by Gasteiger charge is -2.40. The topological polar surface area (TPSA) is 102 Å². The van der Waals surface area contributed by atoms with Crippen molar-refractivity contribution in [2.24, 2.45) is 0 Å². The SMILES string of the molecule is CS(=O)(=O)Nc1ccc(N2CCC[C@H](NC(=O)N3C4CCC3CC(O)C4)C2)cc1. The maximum absolute atomic E-state index is 12.9. The highest BCUT2D eigenvalue weighted by atomic mass is 32.2. The summed E-state index contributed by atoms with van der Waals surface area (Å²) in [5.41, 5.74) is 1.56. The molecule has 29 heavy (non-hydrogen) atoms. The monoisotopic (exact) mass is 422 g/mol. The molecule has 0 radical (unpaired) electrons. The summed E-state index contributed by atoms with van der Waals surface area (Å²) in [7, 11) is -3.29. The van der Waals surface area contributed by atoms with Gasteiger partial charge >= 0.3 is 6.03 Å². The normalized spacial score (nSPS) is 29.6. The molecule has 3 atom stereocenters. The molecule has 2 unspecified atom stereocenters. The van der Waals surface area contributed by atoms with Crippen LogP contribution < -0.4 is 14.9 Å². The predicted molar refractivity (Wildman–Crippen MR) is 113 cm³/mol. The molecule has 3 aliphatic heterocycles. The molecule has 9 heteroatoms. The molecular formula is C20H30N4O4S. The second-order valence-corrected chi connectivity index (χ2v) is 10.3. The van der Waals surface area contributed by atoms with Crippen molar-refractivity contribution >= 4 is 27.4 Å². The highest BCUT2D eigenvalue weighted by Gasteiger charge is 2.43. The van der Waals surface area contributed by atoms with Crippen LogP contribution >= 0.6 is 0 Å². The lowest BCUT2D eigenvalue weighted by molar-refractivity contribution is 0.0533. The van der Waals surface area contributed by atoms with Crippen molar-refractivity contribution in [1.29, 1.82) is 0 Å². The minimum Gasteiger partial charge on any atom is -0.393 e. The second-order valence-electron chi connectivity index (χ2n) is 8.57. The van der Waals surface area contributed by atoms with E-state index in [9.17, 15) is 18.3 Å². The quantitative estimate of drug-likeness (QED) is 0.686. The lowest BCUT2D eigenvalue weighted by atomic mass is 10.00. The molecule has 3 N–H and O–H groups in total. The number of rotatable bonds is 4. The first-order valence-electron chi connectivity index (χ1n) is 10.4. The first-order chi connectivity index (χ1) is 13.8. The number of nitrogens with zero attached hydrogens (tertiary/aromatic N) is 2. The summed E-state index contributed by atoms with van der Waals surface area (Å²) in [6.07, 6.45) is 6.14. The average Bonchev–Trinajstić information content (AvgIpc) is 2.93. The van der Waals surface area contributed by atoms with E-state index in [0.717, 1.165) is 50.7 Å². The lowest BCUT2D eigenvalue weighted by Crippen LogP contribution is -2.56. The Morgan fingerprint density at radius 3 is 2.38 bits per heavy atom. The Balaban J connectivity index is 1.36. The van der Waals surface area contributed by atoms with Crippen molar-refractivity contribution < 1.29 is 18.3 Å². The van der Waals surface area contributed by atoms with Crippen LogP contribution in [0.2, 0.25) is 0 Å². The third-order valence-corrected chi connectivity index (χ3v) is 6.83. The Morgan fingerprint density at radius 1 is 1.10 bits per heavy atom. The molecule has 0 aliphatic carbocycles. The Kier molecular flexibility index (Phi) is 5.61. The van der Waals surface area contributed by atoms with E-state index < -0.39 is 10.0 Å². The number of piperidine rings is 2. The van der Waals surface area contributed by atoms with Gasteiger partial charge in [-0.05, 0) is 62.8 Å². The van der Waals surface area contributed by atoms with Crippen LogP contribution in [0.4, 0.5) is 16.2 Å². The van der Waals surface area contributed by atoms with E-state index in [1.807, 2.05) is 17.0 Å². The van der Waals surface area contributed by atoms with Gasteiger partial charge in [-0.1, -0.05) is 0 Å². The molecule has 4 rings (SSSR count). The number of sulfonamides is 1. The molecule has 1 aromatic rings. The number of urea groups is 1. The van der Waals surface area contributed by atoms with Crippen molar-refractivity contribution in [2.75, 3.05) is 29.0 Å². The molecule has 160 valence electrons. The molecule has 2 amide bonds. The first kappa shape index (κ1) is 20.3. The first-order valence-corrected chi connectivity index (χ1v) is 12.3. The zero-order chi connectivity index (χ0) is 20.6. The van der Waals surface area contributed by atoms with Crippen LogP contribution in [-0.4, -0.2) is 68.0 Å². The number of fused-ring (bicyclic) bond motifs is 2. The highest BCUT2D eigenvalue weighted by molar-refractivity contribution is 7.92. The summed E-state index contributed by atoms with van der Waals surface area (Å²) in [5, 5.41) is 13.2. The molecule has 3 aliphatic rings. The van der Waals surface area contributed by atoms with Gasteiger partial charge in [0.2, 0.25) is 10.0 Å². The van der Waals surface area contributed by atoms with Crippen molar-refractivity contribution in [2.45, 2.75) is 62.8 Å². The van der Waals surface area contributed by atoms with E-state index in [0.29, 0.717) is 18.5 Å². The van der Waals surface area contributed by atoms with E-state index in [1.165, 1.54) is 0 Å². The average molecular weight is 423 g/mol. The summed E-state index contributed by atoms with van der Waals surface area (Å²) >= 11 is 0. The summed E-state index contributed by atoms with van der Waals surface area (Å²) in [5.74, 6) is 0. The van der Waals surface area contributed by atoms with Gasteiger partial charge in [0.25, 0.3) is 0 Å². The van der Waals surface area contributed by atoms with Gasteiger partial charge in [-0.25, -0.2) is 13.2 Å². The number of hydrogen-bond acceptors (Lipinski definition) is 5. The third kappa shape index (κ3) is 4.78. The fourth-order valence-electron chi connectivity index (χ4n) is 5.01. The van der Waals surface area contributed by atoms with Gasteiger partial charge in [-0.2, -0.15) is 0 Å². The van der Waals surface area contributed by atoms with Crippen molar-refractivity contribution in [3.63, 3.8) is 0 Å². The Hall–Kier alpha value is -2.00. The number of benzene rings is 1. The molecule has 0 saturated carbocycles. The maximum Gasteiger partial charge on any atom is 0.318 e. The van der Waals surface area contributed by atoms with Crippen LogP contribution in [-0.2, 0) is 10.0 Å². The van der Waals surface area contributed by atoms with Gasteiger partial charge in [0, 0.05) is 42.6 Å². The molecular weight excluding hydrogens is 392 g/mol. The number of aliphatic hydroxyl groups is 1. The minimum absolute atomic E-state index is 0.00366. The highest BCUT2D eigenvalue weighted by Crippen LogP contribution is 2.35. The zero-order valence-corrected chi connectivity index (χ0v) is 17.6. The molecule has 3 heterocycles. The number of amides is 2. The van der Waals surface area contributed by atoms with Crippen LogP contribution in [0.15, 0.2) is 24.3 Å². The summed E-state index contributed by atoms with van der Waals surface area (Å²) in [4.78, 5) is 17.1. The molecule has 3 fully saturated rings. The van der Waals surface area contributed by atoms with E-state index in [-0.39, 0.29) is 30.3 Å². The molecule has 0 aromatic heterocycles. The molecule has 1 aromatic carbocycles. The number of carbonyl (C=O) groups excluding carboxylic acids is 1. The zero-order valence-electron chi connectivity index (χ0n) is 16.8. The third-order valence-electron chi connectivity index (χ3n) is 6.23. The Morgan fingerprint density at radius 2 is 1.76 bits per heavy atom. The van der Waals surface area contributed by atoms with Gasteiger partial charge in [0.15, 0.2) is 0 Å². The predicted octanol–water partition coefficient (Wildman–Crippen LogP) is 1.72. The summed E-state index contributed by atoms with van der Waals surface area (Å²) in [6, 6.07) is 7.75. The summed E-state index contributed by atoms with van der Waals surface area (Å²) in [6.45, 7) is 1.64. The van der Waals surface area contributed by atoms with Crippen LogP contribution in [0.1, 0.15) is 38.5 Å². The van der Waals surface area contributed by atoms with Gasteiger partial charge < -0.3 is 20.2 Å². The largest absolute Gasteiger partial charge is 0.393 e. The minimum atomic E-state index is -3.29. The van der Waals surface area contributed by atoms with Gasteiger partial charge in [-0.3, -0.25) is 4.72 Å². The maximum atomic E-state index is 12.9. The Labute approximate surface area is 172 Å². The van der Waals surface area contributed by atoms with E-state index in [4.69, 9.17) is 0 Å². The van der Waals surface area contributed by atoms with Gasteiger partial charge in [-0.15, -0.1) is 0 Å². The van der Waals surface area contributed by atoms with Crippen LogP contribution in [0.5, 0.6) is 0 Å². The van der Waals surface area contributed by atoms with Crippen LogP contribution in [0.3, 0.4) is 0 Å². The molecule has 2 bridgehead atoms. The number of carbonyl (C=O) groups is 1. The number of nitrogens with one attached hydrogen (secondary N) is 2. The fourth-order valence-corrected chi connectivity index (χ4v) is 5.58. The molecule has 0 spiro atoms. The molecule has 8 nitrogen and oxygen atoms in total. The Bertz CT molecular complexity index is 831.